The molecule has 6 heteroatoms. The van der Waals surface area contributed by atoms with E-state index in [9.17, 15) is 18.1 Å². The third-order valence-electron chi connectivity index (χ3n) is 3.15. The number of rotatable bonds is 2. The van der Waals surface area contributed by atoms with Gasteiger partial charge in [0.2, 0.25) is 0 Å². The van der Waals surface area contributed by atoms with Crippen molar-refractivity contribution in [3.63, 3.8) is 0 Å². The normalized spacial score (nSPS) is 25.8. The van der Waals surface area contributed by atoms with Crippen LogP contribution in [0.3, 0.4) is 0 Å². The summed E-state index contributed by atoms with van der Waals surface area (Å²) in [5, 5.41) is 9.22. The van der Waals surface area contributed by atoms with Crippen molar-refractivity contribution < 1.29 is 12.8 Å². The Balaban J connectivity index is 2.27. The summed E-state index contributed by atoms with van der Waals surface area (Å²) in [6.45, 7) is 0. The van der Waals surface area contributed by atoms with Gasteiger partial charge < -0.3 is 0 Å². The third kappa shape index (κ3) is 2.65. The molecular formula is C12H11ClFNO2S. The van der Waals surface area contributed by atoms with E-state index in [0.717, 1.165) is 0 Å². The molecule has 1 heterocycles. The number of nitriles is 1. The maximum absolute atomic E-state index is 13.3. The molecule has 0 aromatic heterocycles. The topological polar surface area (TPSA) is 57.9 Å². The molecule has 0 amide bonds. The minimum absolute atomic E-state index is 0.0174. The van der Waals surface area contributed by atoms with Crippen molar-refractivity contribution in [3.8, 4) is 6.07 Å². The lowest BCUT2D eigenvalue weighted by Gasteiger charge is -2.18. The molecule has 1 atom stereocenters. The predicted molar refractivity (Wildman–Crippen MR) is 66.4 cm³/mol. The second-order valence-corrected chi connectivity index (χ2v) is 7.25. The Morgan fingerprint density at radius 1 is 1.50 bits per heavy atom. The van der Waals surface area contributed by atoms with E-state index in [1.807, 2.05) is 0 Å². The maximum atomic E-state index is 13.3. The minimum atomic E-state index is -3.15. The van der Waals surface area contributed by atoms with Gasteiger partial charge in [-0.05, 0) is 30.5 Å². The van der Waals surface area contributed by atoms with Crippen LogP contribution in [0.25, 0.3) is 0 Å². The summed E-state index contributed by atoms with van der Waals surface area (Å²) in [7, 11) is -3.15. The largest absolute Gasteiger partial charge is 0.229 e. The molecule has 1 fully saturated rings. The lowest BCUT2D eigenvalue weighted by Crippen LogP contribution is -2.23. The Labute approximate surface area is 110 Å². The first kappa shape index (κ1) is 13.3. The van der Waals surface area contributed by atoms with Gasteiger partial charge in [-0.1, -0.05) is 17.7 Å². The zero-order chi connectivity index (χ0) is 13.4. The summed E-state index contributed by atoms with van der Waals surface area (Å²) in [6, 6.07) is 6.38. The summed E-state index contributed by atoms with van der Waals surface area (Å²) < 4.78 is 36.2. The quantitative estimate of drug-likeness (QED) is 0.839. The lowest BCUT2D eigenvalue weighted by atomic mass is 9.83. The van der Waals surface area contributed by atoms with E-state index < -0.39 is 21.1 Å². The number of halogens is 2. The minimum Gasteiger partial charge on any atom is -0.229 e. The van der Waals surface area contributed by atoms with Crippen LogP contribution in [0.1, 0.15) is 12.0 Å². The van der Waals surface area contributed by atoms with Crippen LogP contribution < -0.4 is 0 Å². The predicted octanol–water partition coefficient (Wildman–Crippen LogP) is 2.35. The van der Waals surface area contributed by atoms with Crippen LogP contribution >= 0.6 is 11.6 Å². The molecule has 1 saturated heterocycles. The Morgan fingerprint density at radius 2 is 2.22 bits per heavy atom. The second-order valence-electron chi connectivity index (χ2n) is 4.66. The first-order valence-corrected chi connectivity index (χ1v) is 7.61. The van der Waals surface area contributed by atoms with Gasteiger partial charge in [0, 0.05) is 0 Å². The van der Waals surface area contributed by atoms with Gasteiger partial charge in [0.15, 0.2) is 9.84 Å². The van der Waals surface area contributed by atoms with Gasteiger partial charge in [-0.2, -0.15) is 5.26 Å². The molecule has 1 aliphatic heterocycles. The Morgan fingerprint density at radius 3 is 2.72 bits per heavy atom. The summed E-state index contributed by atoms with van der Waals surface area (Å²) >= 11 is 5.58. The van der Waals surface area contributed by atoms with E-state index in [1.54, 1.807) is 6.07 Å². The molecule has 3 nitrogen and oxygen atoms in total. The van der Waals surface area contributed by atoms with Crippen molar-refractivity contribution in [2.45, 2.75) is 12.8 Å². The average Bonchev–Trinajstić information content (AvgIpc) is 2.60. The zero-order valence-electron chi connectivity index (χ0n) is 9.49. The zero-order valence-corrected chi connectivity index (χ0v) is 11.1. The molecule has 96 valence electrons. The standard InChI is InChI=1S/C12H11ClFNO2S/c13-10-2-1-9(5-11(10)14)6-12(7-15)3-4-18(16,17)8-12/h1-2,5H,3-4,6,8H2. The summed E-state index contributed by atoms with van der Waals surface area (Å²) in [4.78, 5) is 0. The number of hydrogen-bond donors (Lipinski definition) is 0. The fourth-order valence-electron chi connectivity index (χ4n) is 2.22. The monoisotopic (exact) mass is 287 g/mol. The third-order valence-corrected chi connectivity index (χ3v) is 5.28. The Bertz CT molecular complexity index is 623. The first-order chi connectivity index (χ1) is 8.36. The number of hydrogen-bond acceptors (Lipinski definition) is 3. The first-order valence-electron chi connectivity index (χ1n) is 5.41. The number of nitrogens with zero attached hydrogens (tertiary/aromatic N) is 1. The molecule has 18 heavy (non-hydrogen) atoms. The van der Waals surface area contributed by atoms with Crippen LogP contribution in [0.2, 0.25) is 5.02 Å². The van der Waals surface area contributed by atoms with E-state index in [0.29, 0.717) is 12.0 Å². The second kappa shape index (κ2) is 4.52. The van der Waals surface area contributed by atoms with Crippen LogP contribution in [0.4, 0.5) is 4.39 Å². The van der Waals surface area contributed by atoms with Crippen molar-refractivity contribution in [2.75, 3.05) is 11.5 Å². The summed E-state index contributed by atoms with van der Waals surface area (Å²) in [5.74, 6) is -0.680. The van der Waals surface area contributed by atoms with Crippen LogP contribution in [0.15, 0.2) is 18.2 Å². The Kier molecular flexibility index (Phi) is 3.35. The molecule has 1 aromatic carbocycles. The molecule has 0 bridgehead atoms. The Hall–Kier alpha value is -1.12. The van der Waals surface area contributed by atoms with Gasteiger partial charge in [0.05, 0.1) is 28.0 Å². The fraction of sp³-hybridized carbons (Fsp3) is 0.417. The van der Waals surface area contributed by atoms with Crippen molar-refractivity contribution in [2.24, 2.45) is 5.41 Å². The molecule has 0 N–H and O–H groups in total. The molecular weight excluding hydrogens is 277 g/mol. The van der Waals surface area contributed by atoms with Crippen molar-refractivity contribution >= 4 is 21.4 Å². The van der Waals surface area contributed by atoms with Gasteiger partial charge >= 0.3 is 0 Å². The molecule has 2 rings (SSSR count). The van der Waals surface area contributed by atoms with Crippen molar-refractivity contribution in [1.82, 2.24) is 0 Å². The highest BCUT2D eigenvalue weighted by Crippen LogP contribution is 2.35. The molecule has 1 aliphatic rings. The lowest BCUT2D eigenvalue weighted by molar-refractivity contribution is 0.450. The summed E-state index contributed by atoms with van der Waals surface area (Å²) in [6.07, 6.45) is 0.535. The van der Waals surface area contributed by atoms with Crippen LogP contribution in [-0.4, -0.2) is 19.9 Å². The molecule has 0 saturated carbocycles. The average molecular weight is 288 g/mol. The van der Waals surface area contributed by atoms with Gasteiger partial charge in [0.25, 0.3) is 0 Å². The van der Waals surface area contributed by atoms with Crippen molar-refractivity contribution in [1.29, 1.82) is 5.26 Å². The number of sulfone groups is 1. The SMILES string of the molecule is N#CC1(Cc2ccc(Cl)c(F)c2)CCS(=O)(=O)C1. The smallest absolute Gasteiger partial charge is 0.151 e. The van der Waals surface area contributed by atoms with E-state index >= 15 is 0 Å². The molecule has 1 unspecified atom stereocenters. The molecule has 0 spiro atoms. The van der Waals surface area contributed by atoms with Gasteiger partial charge in [-0.25, -0.2) is 12.8 Å². The highest BCUT2D eigenvalue weighted by Gasteiger charge is 2.42. The molecule has 0 aliphatic carbocycles. The fourth-order valence-corrected chi connectivity index (χ4v) is 4.34. The molecule has 1 aromatic rings. The van der Waals surface area contributed by atoms with Gasteiger partial charge in [0.1, 0.15) is 5.82 Å². The molecule has 0 radical (unpaired) electrons. The van der Waals surface area contributed by atoms with E-state index in [4.69, 9.17) is 11.6 Å². The highest BCUT2D eigenvalue weighted by molar-refractivity contribution is 7.91. The van der Waals surface area contributed by atoms with Crippen LogP contribution in [0.5, 0.6) is 0 Å². The summed E-state index contributed by atoms with van der Waals surface area (Å²) in [5.41, 5.74) is -0.338. The van der Waals surface area contributed by atoms with Gasteiger partial charge in [-0.3, -0.25) is 0 Å². The van der Waals surface area contributed by atoms with Crippen LogP contribution in [-0.2, 0) is 16.3 Å². The van der Waals surface area contributed by atoms with Gasteiger partial charge in [-0.15, -0.1) is 0 Å². The number of benzene rings is 1. The van der Waals surface area contributed by atoms with Crippen molar-refractivity contribution in [3.05, 3.63) is 34.6 Å². The van der Waals surface area contributed by atoms with E-state index in [1.165, 1.54) is 12.1 Å². The van der Waals surface area contributed by atoms with Crippen LogP contribution in [0, 0.1) is 22.6 Å². The highest BCUT2D eigenvalue weighted by atomic mass is 35.5. The van der Waals surface area contributed by atoms with E-state index in [2.05, 4.69) is 6.07 Å². The van der Waals surface area contributed by atoms with E-state index in [-0.39, 0.29) is 22.9 Å². The maximum Gasteiger partial charge on any atom is 0.151 e.